The van der Waals surface area contributed by atoms with Gasteiger partial charge in [-0.1, -0.05) is 60.7 Å². The van der Waals surface area contributed by atoms with Crippen molar-refractivity contribution in [1.82, 2.24) is 0 Å². The van der Waals surface area contributed by atoms with E-state index in [2.05, 4.69) is 5.73 Å². The van der Waals surface area contributed by atoms with Crippen LogP contribution in [0, 0.1) is 0 Å². The number of carbonyl (C=O) groups excluding carboxylic acids is 1. The van der Waals surface area contributed by atoms with E-state index in [1.54, 1.807) is 18.2 Å². The van der Waals surface area contributed by atoms with Crippen LogP contribution >= 0.6 is 11.3 Å². The first kappa shape index (κ1) is 21.2. The van der Waals surface area contributed by atoms with Gasteiger partial charge in [0.25, 0.3) is 0 Å². The first-order valence-corrected chi connectivity index (χ1v) is 12.6. The Morgan fingerprint density at radius 3 is 2.39 bits per heavy atom. The van der Waals surface area contributed by atoms with Crippen LogP contribution in [-0.2, 0) is 9.84 Å². The molecule has 33 heavy (non-hydrogen) atoms. The van der Waals surface area contributed by atoms with E-state index in [-0.39, 0.29) is 27.5 Å². The van der Waals surface area contributed by atoms with Crippen LogP contribution in [0.1, 0.15) is 27.2 Å². The number of Topliss-reactive ketones (excluding diaryl/α,β-unsaturated/α-hetero) is 1. The number of rotatable bonds is 4. The number of thiophene rings is 1. The number of allylic oxidation sites excluding steroid dienone is 3. The van der Waals surface area contributed by atoms with E-state index in [4.69, 9.17) is 0 Å². The van der Waals surface area contributed by atoms with E-state index >= 15 is 0 Å². The summed E-state index contributed by atoms with van der Waals surface area (Å²) in [7, 11) is -3.84. The van der Waals surface area contributed by atoms with E-state index in [0.717, 1.165) is 15.6 Å². The van der Waals surface area contributed by atoms with Gasteiger partial charge in [-0.15, -0.1) is 17.1 Å². The molecule has 1 aromatic heterocycles. The van der Waals surface area contributed by atoms with Gasteiger partial charge < -0.3 is 5.11 Å². The summed E-state index contributed by atoms with van der Waals surface area (Å²) in [6.45, 7) is 0. The third kappa shape index (κ3) is 3.74. The van der Waals surface area contributed by atoms with Gasteiger partial charge in [0.15, 0.2) is 0 Å². The lowest BCUT2D eigenvalue weighted by atomic mass is 10.0. The average Bonchev–Trinajstić information content (AvgIpc) is 3.26. The average molecular weight is 471 g/mol. The quantitative estimate of drug-likeness (QED) is 0.283. The highest BCUT2D eigenvalue weighted by molar-refractivity contribution is 7.97. The predicted molar refractivity (Wildman–Crippen MR) is 132 cm³/mol. The van der Waals surface area contributed by atoms with Crippen molar-refractivity contribution in [2.75, 3.05) is 0 Å². The normalized spacial score (nSPS) is 15.4. The zero-order valence-corrected chi connectivity index (χ0v) is 19.0. The van der Waals surface area contributed by atoms with Crippen molar-refractivity contribution in [2.24, 2.45) is 0 Å². The molecule has 6 heteroatoms. The number of carbonyl (C=O) groups is 1. The minimum Gasteiger partial charge on any atom is -0.506 e. The summed E-state index contributed by atoms with van der Waals surface area (Å²) in [5, 5.41) is 11.4. The molecule has 0 unspecified atom stereocenters. The Bertz CT molecular complexity index is 1600. The maximum absolute atomic E-state index is 12.9. The summed E-state index contributed by atoms with van der Waals surface area (Å²) < 4.78 is 26.8. The van der Waals surface area contributed by atoms with Crippen LogP contribution in [0.15, 0.2) is 100 Å². The molecule has 0 bridgehead atoms. The number of benzene rings is 3. The highest BCUT2D eigenvalue weighted by atomic mass is 32.2. The van der Waals surface area contributed by atoms with E-state index < -0.39 is 15.6 Å². The van der Waals surface area contributed by atoms with Gasteiger partial charge in [0.2, 0.25) is 15.6 Å². The molecule has 1 N–H and O–H groups in total. The summed E-state index contributed by atoms with van der Waals surface area (Å²) in [5.41, 5.74) is 5.00. The van der Waals surface area contributed by atoms with Crippen LogP contribution in [0.2, 0.25) is 0 Å². The third-order valence-corrected chi connectivity index (χ3v) is 8.49. The Morgan fingerprint density at radius 2 is 1.64 bits per heavy atom. The van der Waals surface area contributed by atoms with Gasteiger partial charge >= 0.3 is 0 Å². The number of hydrogen-bond acceptors (Lipinski definition) is 5. The topological polar surface area (TPSA) is 71.4 Å². The van der Waals surface area contributed by atoms with Crippen molar-refractivity contribution in [3.05, 3.63) is 112 Å². The summed E-state index contributed by atoms with van der Waals surface area (Å²) >= 11 is 1.45. The molecule has 2 heterocycles. The molecule has 0 atom stereocenters. The minimum absolute atomic E-state index is 0.0530. The zero-order chi connectivity index (χ0) is 23.0. The Balaban J connectivity index is 1.58. The molecule has 1 aliphatic heterocycles. The number of hydrogen-bond donors (Lipinski definition) is 1. The van der Waals surface area contributed by atoms with Gasteiger partial charge in [-0.2, -0.15) is 0 Å². The van der Waals surface area contributed by atoms with Crippen molar-refractivity contribution in [1.29, 1.82) is 0 Å². The second-order valence-corrected chi connectivity index (χ2v) is 10.5. The molecule has 0 saturated carbocycles. The Morgan fingerprint density at radius 1 is 0.939 bits per heavy atom. The van der Waals surface area contributed by atoms with Crippen LogP contribution < -0.4 is 0 Å². The Kier molecular flexibility index (Phi) is 5.35. The molecular formula is C27H18O4S2. The second kappa shape index (κ2) is 8.34. The van der Waals surface area contributed by atoms with E-state index in [9.17, 15) is 18.3 Å². The molecule has 5 rings (SSSR count). The molecule has 0 fully saturated rings. The number of sulfone groups is 1. The maximum atomic E-state index is 12.9. The second-order valence-electron chi connectivity index (χ2n) is 7.55. The molecule has 0 saturated heterocycles. The summed E-state index contributed by atoms with van der Waals surface area (Å²) in [6, 6.07) is 23.3. The fourth-order valence-electron chi connectivity index (χ4n) is 3.86. The predicted octanol–water partition coefficient (Wildman–Crippen LogP) is 6.25. The van der Waals surface area contributed by atoms with Gasteiger partial charge in [-0.25, -0.2) is 8.42 Å². The molecule has 4 nitrogen and oxygen atoms in total. The van der Waals surface area contributed by atoms with Gasteiger partial charge in [-0.3, -0.25) is 4.79 Å². The molecule has 0 aliphatic carbocycles. The van der Waals surface area contributed by atoms with Crippen LogP contribution in [-0.4, -0.2) is 19.3 Å². The van der Waals surface area contributed by atoms with Crippen molar-refractivity contribution < 1.29 is 18.3 Å². The highest BCUT2D eigenvalue weighted by Gasteiger charge is 2.38. The van der Waals surface area contributed by atoms with Gasteiger partial charge in [0.05, 0.1) is 9.77 Å². The largest absolute Gasteiger partial charge is 0.506 e. The lowest BCUT2D eigenvalue weighted by Crippen LogP contribution is -2.02. The highest BCUT2D eigenvalue weighted by Crippen LogP contribution is 2.38. The molecular weight excluding hydrogens is 452 g/mol. The fraction of sp³-hybridized carbons (Fsp3) is 0.0370. The van der Waals surface area contributed by atoms with Crippen LogP contribution in [0.4, 0.5) is 0 Å². The zero-order valence-electron chi connectivity index (χ0n) is 17.4. The molecule has 0 radical (unpaired) electrons. The van der Waals surface area contributed by atoms with Crippen molar-refractivity contribution in [3.8, 4) is 5.75 Å². The Hall–Kier alpha value is -3.70. The van der Waals surface area contributed by atoms with E-state index in [0.29, 0.717) is 10.5 Å². The van der Waals surface area contributed by atoms with Gasteiger partial charge in [-0.05, 0) is 36.2 Å². The molecule has 0 amide bonds. The first-order chi connectivity index (χ1) is 16.0. The summed E-state index contributed by atoms with van der Waals surface area (Å²) in [4.78, 5) is 13.3. The van der Waals surface area contributed by atoms with Crippen LogP contribution in [0.25, 0.3) is 21.7 Å². The van der Waals surface area contributed by atoms with Crippen molar-refractivity contribution in [2.45, 2.75) is 11.3 Å². The minimum atomic E-state index is -3.84. The van der Waals surface area contributed by atoms with Crippen LogP contribution in [0.5, 0.6) is 5.75 Å². The SMILES string of the molecule is O=C1C(=CCC(=C=Cc2sc3ccccc3c2O)c2ccccc2)S(=O)(=O)c2ccccc21. The molecule has 0 spiro atoms. The van der Waals surface area contributed by atoms with Gasteiger partial charge in [0.1, 0.15) is 10.7 Å². The third-order valence-electron chi connectivity index (χ3n) is 5.52. The lowest BCUT2D eigenvalue weighted by molar-refractivity contribution is 0.104. The number of aromatic hydroxyl groups is 1. The van der Waals surface area contributed by atoms with Gasteiger partial charge in [0, 0.05) is 27.3 Å². The van der Waals surface area contributed by atoms with E-state index in [1.165, 1.54) is 29.5 Å². The molecule has 162 valence electrons. The molecule has 1 aliphatic rings. The first-order valence-electron chi connectivity index (χ1n) is 10.3. The monoisotopic (exact) mass is 470 g/mol. The molecule has 3 aromatic carbocycles. The maximum Gasteiger partial charge on any atom is 0.210 e. The fourth-order valence-corrected chi connectivity index (χ4v) is 6.44. The van der Waals surface area contributed by atoms with E-state index in [1.807, 2.05) is 54.6 Å². The molecule has 4 aromatic rings. The van der Waals surface area contributed by atoms with Crippen molar-refractivity contribution >= 4 is 48.7 Å². The standard InChI is InChI=1S/C27H18O4S2/c28-26-20-10-4-6-12-22(20)32-23(26)16-14-19(18-8-2-1-3-9-18)15-17-25-27(29)21-11-5-7-13-24(21)33(25,30)31/h1-13,16-17,28H,15H2. The van der Waals surface area contributed by atoms with Crippen LogP contribution in [0.3, 0.4) is 0 Å². The van der Waals surface area contributed by atoms with Crippen molar-refractivity contribution in [3.63, 3.8) is 0 Å². The smallest absolute Gasteiger partial charge is 0.210 e. The number of ketones is 1. The lowest BCUT2D eigenvalue weighted by Gasteiger charge is -2.03. The summed E-state index contributed by atoms with van der Waals surface area (Å²) in [5.74, 6) is -0.290. The number of fused-ring (bicyclic) bond motifs is 2. The summed E-state index contributed by atoms with van der Waals surface area (Å²) in [6.07, 6.45) is 3.37. The Labute approximate surface area is 195 Å².